The highest BCUT2D eigenvalue weighted by Gasteiger charge is 2.08. The third-order valence-corrected chi connectivity index (χ3v) is 2.15. The zero-order valence-corrected chi connectivity index (χ0v) is 10.3. The van der Waals surface area contributed by atoms with E-state index in [-0.39, 0.29) is 11.9 Å². The number of nitrogens with zero attached hydrogens (tertiary/aromatic N) is 1. The summed E-state index contributed by atoms with van der Waals surface area (Å²) in [7, 11) is 0. The number of ether oxygens (including phenoxy) is 1. The van der Waals surface area contributed by atoms with E-state index in [9.17, 15) is 4.79 Å². The Morgan fingerprint density at radius 1 is 1.65 bits per heavy atom. The number of aromatic nitrogens is 1. The van der Waals surface area contributed by atoms with Gasteiger partial charge in [0, 0.05) is 18.7 Å². The standard InChI is InChI=1S/C12H19N3O2/c1-3-17-12-10(5-4-8-14-12)15-11(16)7-6-9(2)13/h4-5,8-9H,3,6-7,13H2,1-2H3,(H,15,16). The van der Waals surface area contributed by atoms with Gasteiger partial charge in [-0.3, -0.25) is 4.79 Å². The summed E-state index contributed by atoms with van der Waals surface area (Å²) in [5.41, 5.74) is 6.20. The van der Waals surface area contributed by atoms with Crippen molar-refractivity contribution in [1.29, 1.82) is 0 Å². The van der Waals surface area contributed by atoms with Gasteiger partial charge in [-0.2, -0.15) is 0 Å². The Balaban J connectivity index is 2.58. The van der Waals surface area contributed by atoms with Crippen LogP contribution in [0.2, 0.25) is 0 Å². The van der Waals surface area contributed by atoms with E-state index in [1.807, 2.05) is 13.8 Å². The zero-order chi connectivity index (χ0) is 12.7. The van der Waals surface area contributed by atoms with Gasteiger partial charge in [-0.05, 0) is 32.4 Å². The third-order valence-electron chi connectivity index (χ3n) is 2.15. The van der Waals surface area contributed by atoms with E-state index in [2.05, 4.69) is 10.3 Å². The van der Waals surface area contributed by atoms with Crippen LogP contribution in [0.5, 0.6) is 5.88 Å². The van der Waals surface area contributed by atoms with Crippen LogP contribution >= 0.6 is 0 Å². The van der Waals surface area contributed by atoms with Crippen molar-refractivity contribution in [2.45, 2.75) is 32.7 Å². The molecule has 1 aromatic heterocycles. The van der Waals surface area contributed by atoms with Crippen LogP contribution in [0.1, 0.15) is 26.7 Å². The maximum Gasteiger partial charge on any atom is 0.237 e. The highest BCUT2D eigenvalue weighted by Crippen LogP contribution is 2.20. The number of pyridine rings is 1. The molecule has 1 atom stereocenters. The maximum atomic E-state index is 11.6. The van der Waals surface area contributed by atoms with Crippen LogP contribution in [0, 0.1) is 0 Å². The van der Waals surface area contributed by atoms with Gasteiger partial charge in [0.15, 0.2) is 0 Å². The summed E-state index contributed by atoms with van der Waals surface area (Å²) < 4.78 is 5.31. The molecule has 5 nitrogen and oxygen atoms in total. The Morgan fingerprint density at radius 2 is 2.41 bits per heavy atom. The summed E-state index contributed by atoms with van der Waals surface area (Å²) in [5.74, 6) is 0.375. The lowest BCUT2D eigenvalue weighted by Crippen LogP contribution is -2.19. The van der Waals surface area contributed by atoms with Gasteiger partial charge in [-0.25, -0.2) is 4.98 Å². The number of nitrogens with one attached hydrogen (secondary N) is 1. The van der Waals surface area contributed by atoms with Crippen molar-refractivity contribution in [3.05, 3.63) is 18.3 Å². The van der Waals surface area contributed by atoms with E-state index < -0.39 is 0 Å². The van der Waals surface area contributed by atoms with Gasteiger partial charge in [-0.15, -0.1) is 0 Å². The monoisotopic (exact) mass is 237 g/mol. The second kappa shape index (κ2) is 6.85. The zero-order valence-electron chi connectivity index (χ0n) is 10.3. The fraction of sp³-hybridized carbons (Fsp3) is 0.500. The molecule has 0 bridgehead atoms. The summed E-state index contributed by atoms with van der Waals surface area (Å²) in [6, 6.07) is 3.55. The van der Waals surface area contributed by atoms with Gasteiger partial charge < -0.3 is 15.8 Å². The van der Waals surface area contributed by atoms with Crippen molar-refractivity contribution in [1.82, 2.24) is 4.98 Å². The van der Waals surface area contributed by atoms with Gasteiger partial charge in [0.05, 0.1) is 6.61 Å². The smallest absolute Gasteiger partial charge is 0.237 e. The van der Waals surface area contributed by atoms with Crippen LogP contribution in [-0.4, -0.2) is 23.5 Å². The number of amides is 1. The average Bonchev–Trinajstić information content (AvgIpc) is 2.29. The van der Waals surface area contributed by atoms with Crippen LogP contribution in [-0.2, 0) is 4.79 Å². The summed E-state index contributed by atoms with van der Waals surface area (Å²) in [4.78, 5) is 15.7. The molecule has 1 amide bonds. The van der Waals surface area contributed by atoms with E-state index in [4.69, 9.17) is 10.5 Å². The average molecular weight is 237 g/mol. The van der Waals surface area contributed by atoms with Crippen molar-refractivity contribution >= 4 is 11.6 Å². The lowest BCUT2D eigenvalue weighted by atomic mass is 10.2. The van der Waals surface area contributed by atoms with Crippen molar-refractivity contribution < 1.29 is 9.53 Å². The van der Waals surface area contributed by atoms with Crippen LogP contribution in [0.25, 0.3) is 0 Å². The summed E-state index contributed by atoms with van der Waals surface area (Å²) in [6.07, 6.45) is 2.69. The molecule has 0 radical (unpaired) electrons. The van der Waals surface area contributed by atoms with Gasteiger partial charge in [0.1, 0.15) is 5.69 Å². The van der Waals surface area contributed by atoms with Gasteiger partial charge in [0.25, 0.3) is 0 Å². The Bertz CT molecular complexity index is 367. The van der Waals surface area contributed by atoms with Gasteiger partial charge in [-0.1, -0.05) is 0 Å². The van der Waals surface area contributed by atoms with Crippen LogP contribution in [0.4, 0.5) is 5.69 Å². The molecule has 3 N–H and O–H groups in total. The number of hydrogen-bond acceptors (Lipinski definition) is 4. The molecule has 0 aliphatic heterocycles. The van der Waals surface area contributed by atoms with Crippen molar-refractivity contribution in [3.63, 3.8) is 0 Å². The van der Waals surface area contributed by atoms with Crippen LogP contribution in [0.3, 0.4) is 0 Å². The number of anilines is 1. The molecule has 1 rings (SSSR count). The quantitative estimate of drug-likeness (QED) is 0.787. The van der Waals surface area contributed by atoms with E-state index in [0.717, 1.165) is 0 Å². The molecule has 1 unspecified atom stereocenters. The van der Waals surface area contributed by atoms with Crippen molar-refractivity contribution in [3.8, 4) is 5.88 Å². The molecule has 1 aromatic rings. The number of nitrogens with two attached hydrogens (primary N) is 1. The molecule has 0 aromatic carbocycles. The van der Waals surface area contributed by atoms with Crippen molar-refractivity contribution in [2.24, 2.45) is 5.73 Å². The molecule has 0 spiro atoms. The molecule has 0 saturated heterocycles. The normalized spacial score (nSPS) is 11.9. The van der Waals surface area contributed by atoms with E-state index >= 15 is 0 Å². The van der Waals surface area contributed by atoms with E-state index in [0.29, 0.717) is 31.0 Å². The first-order valence-electron chi connectivity index (χ1n) is 5.76. The molecular formula is C12H19N3O2. The highest BCUT2D eigenvalue weighted by atomic mass is 16.5. The molecule has 94 valence electrons. The molecule has 0 saturated carbocycles. The highest BCUT2D eigenvalue weighted by molar-refractivity contribution is 5.91. The minimum absolute atomic E-state index is 0.0287. The largest absolute Gasteiger partial charge is 0.476 e. The molecule has 0 aliphatic carbocycles. The first-order valence-corrected chi connectivity index (χ1v) is 5.76. The second-order valence-electron chi connectivity index (χ2n) is 3.85. The molecule has 0 aliphatic rings. The fourth-order valence-electron chi connectivity index (χ4n) is 1.31. The molecule has 17 heavy (non-hydrogen) atoms. The topological polar surface area (TPSA) is 77.2 Å². The van der Waals surface area contributed by atoms with Crippen molar-refractivity contribution in [2.75, 3.05) is 11.9 Å². The van der Waals surface area contributed by atoms with Gasteiger partial charge in [0.2, 0.25) is 11.8 Å². The summed E-state index contributed by atoms with van der Waals surface area (Å²) in [5, 5.41) is 2.77. The first-order chi connectivity index (χ1) is 8.13. The maximum absolute atomic E-state index is 11.6. The number of rotatable bonds is 6. The first kappa shape index (κ1) is 13.4. The Morgan fingerprint density at radius 3 is 3.06 bits per heavy atom. The lowest BCUT2D eigenvalue weighted by molar-refractivity contribution is -0.116. The Labute approximate surface area is 101 Å². The lowest BCUT2D eigenvalue weighted by Gasteiger charge is -2.10. The predicted molar refractivity (Wildman–Crippen MR) is 66.9 cm³/mol. The van der Waals surface area contributed by atoms with E-state index in [1.165, 1.54) is 0 Å². The summed E-state index contributed by atoms with van der Waals surface area (Å²) >= 11 is 0. The van der Waals surface area contributed by atoms with Crippen LogP contribution in [0.15, 0.2) is 18.3 Å². The number of carbonyl (C=O) groups is 1. The molecular weight excluding hydrogens is 218 g/mol. The van der Waals surface area contributed by atoms with Gasteiger partial charge >= 0.3 is 0 Å². The number of carbonyl (C=O) groups excluding carboxylic acids is 1. The second-order valence-corrected chi connectivity index (χ2v) is 3.85. The Kier molecular flexibility index (Phi) is 5.42. The fourth-order valence-corrected chi connectivity index (χ4v) is 1.31. The minimum atomic E-state index is -0.0729. The van der Waals surface area contributed by atoms with E-state index in [1.54, 1.807) is 18.3 Å². The SMILES string of the molecule is CCOc1ncccc1NC(=O)CCC(C)N. The summed E-state index contributed by atoms with van der Waals surface area (Å²) in [6.45, 7) is 4.26. The molecule has 5 heteroatoms. The molecule has 1 heterocycles. The minimum Gasteiger partial charge on any atom is -0.476 e. The molecule has 0 fully saturated rings. The number of hydrogen-bond donors (Lipinski definition) is 2. The van der Waals surface area contributed by atoms with Crippen LogP contribution < -0.4 is 15.8 Å². The third kappa shape index (κ3) is 4.82. The predicted octanol–water partition coefficient (Wildman–Crippen LogP) is 1.55. The Hall–Kier alpha value is -1.62.